The number of unbranched alkanes of at least 4 members (excludes halogenated alkanes) is 9. The zero-order chi connectivity index (χ0) is 16.8. The Labute approximate surface area is 161 Å². The summed E-state index contributed by atoms with van der Waals surface area (Å²) in [5.41, 5.74) is 0. The first kappa shape index (κ1) is 25.1. The van der Waals surface area contributed by atoms with Gasteiger partial charge >= 0.3 is 29.6 Å². The van der Waals surface area contributed by atoms with Crippen LogP contribution in [0.1, 0.15) is 71.1 Å². The molecule has 2 atom stereocenters. The third-order valence-electron chi connectivity index (χ3n) is 3.64. The molecule has 0 rings (SSSR count). The Kier molecular flexibility index (Phi) is 18.2. The largest absolute Gasteiger partial charge is 1.00 e. The number of hydrogen-bond acceptors (Lipinski definition) is 5. The maximum absolute atomic E-state index is 11.3. The van der Waals surface area contributed by atoms with Crippen molar-refractivity contribution in [2.24, 2.45) is 0 Å². The number of carbonyl (C=O) groups is 2. The number of aliphatic carboxylic acids is 1. The summed E-state index contributed by atoms with van der Waals surface area (Å²) >= 11 is 0. The van der Waals surface area contributed by atoms with Crippen LogP contribution in [0, 0.1) is 0 Å². The molecule has 0 aromatic rings. The maximum atomic E-state index is 11.3. The second-order valence-electron chi connectivity index (χ2n) is 5.68. The fourth-order valence-electron chi connectivity index (χ4n) is 2.20. The van der Waals surface area contributed by atoms with Crippen molar-refractivity contribution in [3.05, 3.63) is 0 Å². The third kappa shape index (κ3) is 14.0. The number of carboxylic acids is 1. The van der Waals surface area contributed by atoms with Crippen molar-refractivity contribution >= 4 is 11.9 Å². The molecule has 0 saturated heterocycles. The first-order valence-electron chi connectivity index (χ1n) is 8.35. The number of amides is 1. The maximum Gasteiger partial charge on any atom is 1.00 e. The van der Waals surface area contributed by atoms with Crippen LogP contribution in [-0.4, -0.2) is 40.8 Å². The third-order valence-corrected chi connectivity index (χ3v) is 3.64. The van der Waals surface area contributed by atoms with Crippen LogP contribution in [-0.2, 0) is 9.59 Å². The minimum atomic E-state index is -2.19. The van der Waals surface area contributed by atoms with Gasteiger partial charge in [-0.1, -0.05) is 64.7 Å². The molecule has 3 N–H and O–H groups in total. The molecule has 0 aliphatic carbocycles. The summed E-state index contributed by atoms with van der Waals surface area (Å²) in [6.45, 7) is 2.57. The fraction of sp³-hybridized carbons (Fsp3) is 0.875. The van der Waals surface area contributed by atoms with Gasteiger partial charge in [-0.2, -0.15) is 0 Å². The Morgan fingerprint density at radius 3 is 1.74 bits per heavy atom. The quantitative estimate of drug-likeness (QED) is 0.239. The number of aliphatic hydroxyl groups excluding tert-OH is 2. The second-order valence-corrected chi connectivity index (χ2v) is 5.68. The SMILES string of the molecule is CCCCCCCCCCCCNC(=O)[C@H](O)[C@@H](O)C(=O)[O-].[Na+]. The van der Waals surface area contributed by atoms with E-state index in [-0.39, 0.29) is 29.6 Å². The van der Waals surface area contributed by atoms with Crippen molar-refractivity contribution in [2.75, 3.05) is 6.54 Å². The smallest absolute Gasteiger partial charge is 0.547 e. The molecule has 6 nitrogen and oxygen atoms in total. The summed E-state index contributed by atoms with van der Waals surface area (Å²) in [4.78, 5) is 21.6. The molecule has 0 aliphatic heterocycles. The van der Waals surface area contributed by atoms with Gasteiger partial charge < -0.3 is 25.4 Å². The van der Waals surface area contributed by atoms with Crippen molar-refractivity contribution in [3.8, 4) is 0 Å². The van der Waals surface area contributed by atoms with Gasteiger partial charge in [0.05, 0.1) is 5.97 Å². The van der Waals surface area contributed by atoms with Crippen LogP contribution >= 0.6 is 0 Å². The van der Waals surface area contributed by atoms with Gasteiger partial charge in [0.1, 0.15) is 6.10 Å². The number of carboxylic acid groups (broad SMARTS) is 1. The number of carbonyl (C=O) groups excluding carboxylic acids is 2. The van der Waals surface area contributed by atoms with E-state index < -0.39 is 24.1 Å². The minimum Gasteiger partial charge on any atom is -0.547 e. The molecular formula is C16H30NNaO5. The van der Waals surface area contributed by atoms with Crippen LogP contribution in [0.3, 0.4) is 0 Å². The molecule has 7 heteroatoms. The normalized spacial score (nSPS) is 13.0. The van der Waals surface area contributed by atoms with Crippen LogP contribution in [0.15, 0.2) is 0 Å². The minimum absolute atomic E-state index is 0. The average Bonchev–Trinajstić information content (AvgIpc) is 2.50. The number of rotatable bonds is 14. The van der Waals surface area contributed by atoms with Gasteiger partial charge in [0.2, 0.25) is 0 Å². The molecule has 0 bridgehead atoms. The van der Waals surface area contributed by atoms with Crippen LogP contribution in [0.5, 0.6) is 0 Å². The molecule has 1 amide bonds. The molecule has 0 aliphatic rings. The fourth-order valence-corrected chi connectivity index (χ4v) is 2.20. The van der Waals surface area contributed by atoms with Gasteiger partial charge in [-0.05, 0) is 6.42 Å². The molecule has 23 heavy (non-hydrogen) atoms. The summed E-state index contributed by atoms with van der Waals surface area (Å²) in [7, 11) is 0. The van der Waals surface area contributed by atoms with E-state index in [1.54, 1.807) is 0 Å². The van der Waals surface area contributed by atoms with Crippen molar-refractivity contribution in [1.29, 1.82) is 0 Å². The summed E-state index contributed by atoms with van der Waals surface area (Å²) in [6.07, 6.45) is 7.62. The molecule has 0 aromatic carbocycles. The first-order chi connectivity index (χ1) is 10.5. The molecule has 0 radical (unpaired) electrons. The Bertz CT molecular complexity index is 315. The standard InChI is InChI=1S/C16H31NO5.Na/c1-2-3-4-5-6-7-8-9-10-11-12-17-15(20)13(18)14(19)16(21)22;/h13-14,18-19H,2-12H2,1H3,(H,17,20)(H,21,22);/q;+1/p-1/t13-,14-;/m1./s1. The van der Waals surface area contributed by atoms with E-state index in [4.69, 9.17) is 5.11 Å². The Morgan fingerprint density at radius 2 is 1.30 bits per heavy atom. The first-order valence-corrected chi connectivity index (χ1v) is 8.35. The van der Waals surface area contributed by atoms with Crippen LogP contribution < -0.4 is 40.0 Å². The number of hydrogen-bond donors (Lipinski definition) is 3. The van der Waals surface area contributed by atoms with Gasteiger partial charge in [0.25, 0.3) is 5.91 Å². The van der Waals surface area contributed by atoms with Crippen LogP contribution in [0.25, 0.3) is 0 Å². The van der Waals surface area contributed by atoms with E-state index in [0.717, 1.165) is 19.3 Å². The van der Waals surface area contributed by atoms with E-state index in [0.29, 0.717) is 6.54 Å². The van der Waals surface area contributed by atoms with E-state index in [2.05, 4.69) is 12.2 Å². The molecule has 0 spiro atoms. The summed E-state index contributed by atoms with van der Waals surface area (Å²) < 4.78 is 0. The molecule has 0 unspecified atom stereocenters. The predicted molar refractivity (Wildman–Crippen MR) is 81.9 cm³/mol. The average molecular weight is 339 g/mol. The van der Waals surface area contributed by atoms with Crippen molar-refractivity contribution in [3.63, 3.8) is 0 Å². The van der Waals surface area contributed by atoms with Crippen LogP contribution in [0.2, 0.25) is 0 Å². The zero-order valence-corrected chi connectivity index (χ0v) is 16.6. The van der Waals surface area contributed by atoms with Gasteiger partial charge in [-0.25, -0.2) is 0 Å². The van der Waals surface area contributed by atoms with Crippen LogP contribution in [0.4, 0.5) is 0 Å². The van der Waals surface area contributed by atoms with Gasteiger partial charge in [0.15, 0.2) is 6.10 Å². The van der Waals surface area contributed by atoms with E-state index >= 15 is 0 Å². The van der Waals surface area contributed by atoms with E-state index in [1.807, 2.05) is 0 Å². The Morgan fingerprint density at radius 1 is 0.870 bits per heavy atom. The number of nitrogens with one attached hydrogen (secondary N) is 1. The predicted octanol–water partition coefficient (Wildman–Crippen LogP) is -2.50. The Hall–Kier alpha value is -0.140. The van der Waals surface area contributed by atoms with Crippen molar-refractivity contribution in [2.45, 2.75) is 83.3 Å². The molecule has 0 heterocycles. The van der Waals surface area contributed by atoms with Gasteiger partial charge in [0, 0.05) is 6.54 Å². The zero-order valence-electron chi connectivity index (χ0n) is 14.6. The molecular weight excluding hydrogens is 309 g/mol. The van der Waals surface area contributed by atoms with Crippen molar-refractivity contribution < 1.29 is 54.5 Å². The summed E-state index contributed by atoms with van der Waals surface area (Å²) in [5.74, 6) is -2.74. The molecule has 0 fully saturated rings. The van der Waals surface area contributed by atoms with Gasteiger partial charge in [-0.15, -0.1) is 0 Å². The van der Waals surface area contributed by atoms with E-state index in [1.165, 1.54) is 44.9 Å². The van der Waals surface area contributed by atoms with Crippen molar-refractivity contribution in [1.82, 2.24) is 5.32 Å². The molecule has 130 valence electrons. The second kappa shape index (κ2) is 16.7. The molecule has 0 saturated carbocycles. The monoisotopic (exact) mass is 339 g/mol. The topological polar surface area (TPSA) is 110 Å². The number of aliphatic hydroxyl groups is 2. The molecule has 0 aromatic heterocycles. The Balaban J connectivity index is 0. The summed E-state index contributed by atoms with van der Waals surface area (Å²) in [6, 6.07) is 0. The van der Waals surface area contributed by atoms with Gasteiger partial charge in [-0.3, -0.25) is 4.79 Å². The summed E-state index contributed by atoms with van der Waals surface area (Å²) in [5, 5.41) is 30.9. The van der Waals surface area contributed by atoms with E-state index in [9.17, 15) is 19.8 Å².